The Morgan fingerprint density at radius 1 is 1.35 bits per heavy atom. The molecule has 1 rings (SSSR count). The number of aliphatic carboxylic acids is 1. The monoisotopic (exact) mass is 235 g/mol. The van der Waals surface area contributed by atoms with Crippen LogP contribution in [-0.4, -0.2) is 27.0 Å². The maximum absolute atomic E-state index is 9.65. The summed E-state index contributed by atoms with van der Waals surface area (Å²) in [7, 11) is 0. The third-order valence-corrected chi connectivity index (χ3v) is 1.63. The molecule has 1 aromatic heterocycles. The molecule has 2 N–H and O–H groups in total. The molecule has 0 bridgehead atoms. The first-order valence-corrected chi connectivity index (χ1v) is 4.68. The van der Waals surface area contributed by atoms with Gasteiger partial charge >= 0.3 is 5.97 Å². The van der Waals surface area contributed by atoms with Gasteiger partial charge in [0, 0.05) is 11.4 Å². The summed E-state index contributed by atoms with van der Waals surface area (Å²) in [5.74, 6) is -1.53. The van der Waals surface area contributed by atoms with E-state index in [9.17, 15) is 4.79 Å². The molecular weight excluding hydrogens is 222 g/mol. The third-order valence-electron chi connectivity index (χ3n) is 1.63. The van der Waals surface area contributed by atoms with Crippen LogP contribution in [0.1, 0.15) is 17.0 Å². The summed E-state index contributed by atoms with van der Waals surface area (Å²) in [5, 5.41) is 25.5. The van der Waals surface area contributed by atoms with E-state index >= 15 is 0 Å². The number of hydrogen-bond donors (Lipinski definition) is 2. The molecule has 0 saturated carbocycles. The smallest absolute Gasteiger partial charge is 0.369 e. The number of aromatic nitrogens is 1. The van der Waals surface area contributed by atoms with E-state index in [4.69, 9.17) is 15.6 Å². The largest absolute Gasteiger partial charge is 0.476 e. The minimum atomic E-state index is -1.53. The van der Waals surface area contributed by atoms with E-state index in [1.165, 1.54) is 5.56 Å². The summed E-state index contributed by atoms with van der Waals surface area (Å²) in [6.07, 6.45) is 0. The van der Waals surface area contributed by atoms with Crippen molar-refractivity contribution >= 4 is 11.7 Å². The van der Waals surface area contributed by atoms with Gasteiger partial charge in [-0.05, 0) is 38.5 Å². The van der Waals surface area contributed by atoms with Crippen LogP contribution in [0.4, 0.5) is 0 Å². The van der Waals surface area contributed by atoms with Crippen molar-refractivity contribution in [2.75, 3.05) is 0 Å². The molecule has 6 nitrogen and oxygen atoms in total. The molecule has 0 amide bonds. The molecule has 0 radical (unpaired) electrons. The fourth-order valence-electron chi connectivity index (χ4n) is 1.16. The Morgan fingerprint density at radius 3 is 2.00 bits per heavy atom. The van der Waals surface area contributed by atoms with Gasteiger partial charge < -0.3 is 10.3 Å². The first kappa shape index (κ1) is 14.6. The minimum Gasteiger partial charge on any atom is -0.476 e. The SMILES string of the molecule is Cc1cc(C)nc(C)c1.N#CC(=NO)C(=O)O. The van der Waals surface area contributed by atoms with Gasteiger partial charge in [-0.25, -0.2) is 4.79 Å². The Balaban J connectivity index is 0.000000304. The summed E-state index contributed by atoms with van der Waals surface area (Å²) >= 11 is 0. The highest BCUT2D eigenvalue weighted by Crippen LogP contribution is 2.01. The van der Waals surface area contributed by atoms with Crippen LogP contribution in [0.15, 0.2) is 17.3 Å². The first-order valence-electron chi connectivity index (χ1n) is 4.68. The summed E-state index contributed by atoms with van der Waals surface area (Å²) < 4.78 is 0. The number of rotatable bonds is 1. The molecule has 0 unspecified atom stereocenters. The average molecular weight is 235 g/mol. The molecule has 0 fully saturated rings. The van der Waals surface area contributed by atoms with Gasteiger partial charge in [-0.2, -0.15) is 5.26 Å². The van der Waals surface area contributed by atoms with E-state index in [2.05, 4.69) is 29.2 Å². The molecule has 0 aromatic carbocycles. The average Bonchev–Trinajstić information content (AvgIpc) is 2.17. The van der Waals surface area contributed by atoms with E-state index in [-0.39, 0.29) is 0 Å². The van der Waals surface area contributed by atoms with Crippen molar-refractivity contribution in [3.63, 3.8) is 0 Å². The summed E-state index contributed by atoms with van der Waals surface area (Å²) in [4.78, 5) is 13.9. The number of hydrogen-bond acceptors (Lipinski definition) is 5. The predicted molar refractivity (Wildman–Crippen MR) is 60.9 cm³/mol. The molecular formula is C11H13N3O3. The molecule has 6 heteroatoms. The second kappa shape index (κ2) is 6.95. The minimum absolute atomic E-state index is 0.912. The van der Waals surface area contributed by atoms with Crippen LogP contribution in [0, 0.1) is 32.1 Å². The van der Waals surface area contributed by atoms with Gasteiger partial charge in [0.1, 0.15) is 6.07 Å². The van der Waals surface area contributed by atoms with Crippen molar-refractivity contribution in [3.05, 3.63) is 29.1 Å². The van der Waals surface area contributed by atoms with Crippen LogP contribution < -0.4 is 0 Å². The standard InChI is InChI=1S/C8H11N.C3H2N2O3/c1-6-4-7(2)9-8(3)5-6;4-1-2(5-8)3(6)7/h4-5H,1-3H3;8H,(H,6,7). The molecule has 0 saturated heterocycles. The summed E-state index contributed by atoms with van der Waals surface area (Å²) in [6, 6.07) is 5.30. The van der Waals surface area contributed by atoms with Gasteiger partial charge in [-0.15, -0.1) is 0 Å². The summed E-state index contributed by atoms with van der Waals surface area (Å²) in [6.45, 7) is 6.11. The van der Waals surface area contributed by atoms with Gasteiger partial charge in [0.2, 0.25) is 0 Å². The Kier molecular flexibility index (Phi) is 5.96. The summed E-state index contributed by atoms with van der Waals surface area (Å²) in [5.41, 5.74) is 2.59. The molecule has 0 atom stereocenters. The molecule has 0 aliphatic rings. The topological polar surface area (TPSA) is 107 Å². The Hall–Kier alpha value is -2.42. The maximum Gasteiger partial charge on any atom is 0.369 e. The van der Waals surface area contributed by atoms with Crippen LogP contribution in [0.5, 0.6) is 0 Å². The van der Waals surface area contributed by atoms with Crippen LogP contribution in [0.25, 0.3) is 0 Å². The van der Waals surface area contributed by atoms with E-state index in [1.54, 1.807) is 0 Å². The molecule has 0 aliphatic heterocycles. The molecule has 0 aliphatic carbocycles. The first-order chi connectivity index (χ1) is 7.90. The number of aryl methyl sites for hydroxylation is 3. The zero-order chi connectivity index (χ0) is 13.4. The number of nitriles is 1. The highest BCUT2D eigenvalue weighted by atomic mass is 16.4. The Labute approximate surface area is 98.8 Å². The fraction of sp³-hybridized carbons (Fsp3) is 0.273. The second-order valence-corrected chi connectivity index (χ2v) is 3.29. The van der Waals surface area contributed by atoms with E-state index in [1.807, 2.05) is 13.8 Å². The van der Waals surface area contributed by atoms with Crippen molar-refractivity contribution < 1.29 is 15.1 Å². The normalized spacial score (nSPS) is 9.88. The van der Waals surface area contributed by atoms with Crippen molar-refractivity contribution in [3.8, 4) is 6.07 Å². The maximum atomic E-state index is 9.65. The Morgan fingerprint density at radius 2 is 1.82 bits per heavy atom. The van der Waals surface area contributed by atoms with Crippen molar-refractivity contribution in [2.45, 2.75) is 20.8 Å². The number of carboxylic acid groups (broad SMARTS) is 1. The van der Waals surface area contributed by atoms with E-state index in [0.717, 1.165) is 17.5 Å². The number of pyridine rings is 1. The number of nitrogens with zero attached hydrogens (tertiary/aromatic N) is 3. The lowest BCUT2D eigenvalue weighted by Gasteiger charge is -1.96. The van der Waals surface area contributed by atoms with Crippen LogP contribution in [0.2, 0.25) is 0 Å². The van der Waals surface area contributed by atoms with Crippen molar-refractivity contribution in [1.29, 1.82) is 5.26 Å². The van der Waals surface area contributed by atoms with Crippen LogP contribution >= 0.6 is 0 Å². The molecule has 90 valence electrons. The lowest BCUT2D eigenvalue weighted by Crippen LogP contribution is -2.09. The highest BCUT2D eigenvalue weighted by Gasteiger charge is 2.06. The molecule has 1 heterocycles. The number of carboxylic acids is 1. The predicted octanol–water partition coefficient (Wildman–Crippen LogP) is 1.43. The lowest BCUT2D eigenvalue weighted by atomic mass is 10.2. The zero-order valence-electron chi connectivity index (χ0n) is 9.80. The van der Waals surface area contributed by atoms with Gasteiger partial charge in [0.05, 0.1) is 0 Å². The van der Waals surface area contributed by atoms with Crippen molar-refractivity contribution in [1.82, 2.24) is 4.98 Å². The Bertz CT molecular complexity index is 425. The van der Waals surface area contributed by atoms with Gasteiger partial charge in [-0.3, -0.25) is 4.98 Å². The number of carbonyl (C=O) groups is 1. The lowest BCUT2D eigenvalue weighted by molar-refractivity contribution is -0.129. The molecule has 17 heavy (non-hydrogen) atoms. The molecule has 0 spiro atoms. The second-order valence-electron chi connectivity index (χ2n) is 3.29. The quantitative estimate of drug-likeness (QED) is 0.435. The van der Waals surface area contributed by atoms with Crippen LogP contribution in [0.3, 0.4) is 0 Å². The van der Waals surface area contributed by atoms with E-state index < -0.39 is 11.7 Å². The highest BCUT2D eigenvalue weighted by molar-refractivity contribution is 6.42. The fourth-order valence-corrected chi connectivity index (χ4v) is 1.16. The van der Waals surface area contributed by atoms with Crippen molar-refractivity contribution in [2.24, 2.45) is 5.16 Å². The van der Waals surface area contributed by atoms with E-state index in [0.29, 0.717) is 0 Å². The number of oxime groups is 1. The van der Waals surface area contributed by atoms with Gasteiger partial charge in [0.25, 0.3) is 5.71 Å². The van der Waals surface area contributed by atoms with Gasteiger partial charge in [0.15, 0.2) is 0 Å². The van der Waals surface area contributed by atoms with Crippen LogP contribution in [-0.2, 0) is 4.79 Å². The zero-order valence-corrected chi connectivity index (χ0v) is 9.80. The molecule has 1 aromatic rings. The van der Waals surface area contributed by atoms with Gasteiger partial charge in [-0.1, -0.05) is 5.16 Å². The third kappa shape index (κ3) is 5.89.